The molecule has 2 aromatic carbocycles. The molecule has 2 amide bonds. The molecule has 0 aliphatic heterocycles. The molecule has 2 rings (SSSR count). The second-order valence-corrected chi connectivity index (χ2v) is 10.2. The zero-order valence-corrected chi connectivity index (χ0v) is 19.5. The molecule has 8 nitrogen and oxygen atoms in total. The van der Waals surface area contributed by atoms with E-state index in [2.05, 4.69) is 10.6 Å². The van der Waals surface area contributed by atoms with Crippen LogP contribution in [0.25, 0.3) is 10.8 Å². The van der Waals surface area contributed by atoms with E-state index >= 15 is 0 Å². The number of ether oxygens (including phenoxy) is 1. The number of carbonyl (C=O) groups excluding carboxylic acids is 2. The number of hydrogen-bond acceptors (Lipinski definition) is 5. The lowest BCUT2D eigenvalue weighted by Crippen LogP contribution is -2.34. The lowest BCUT2D eigenvalue weighted by atomic mass is 10.0. The molecule has 0 saturated heterocycles. The summed E-state index contributed by atoms with van der Waals surface area (Å²) in [5.74, 6) is -0.362. The number of nitrogens with zero attached hydrogens (tertiary/aromatic N) is 1. The Bertz CT molecular complexity index is 1040. The van der Waals surface area contributed by atoms with E-state index in [-0.39, 0.29) is 5.91 Å². The minimum atomic E-state index is -3.27. The van der Waals surface area contributed by atoms with Crippen molar-refractivity contribution >= 4 is 38.5 Å². The van der Waals surface area contributed by atoms with Gasteiger partial charge in [0.2, 0.25) is 10.0 Å². The van der Waals surface area contributed by atoms with Crippen LogP contribution < -0.4 is 10.6 Å². The Morgan fingerprint density at radius 1 is 1.10 bits per heavy atom. The van der Waals surface area contributed by atoms with Crippen LogP contribution in [0.4, 0.5) is 10.5 Å². The van der Waals surface area contributed by atoms with Gasteiger partial charge in [-0.2, -0.15) is 0 Å². The molecule has 0 heterocycles. The number of benzene rings is 2. The van der Waals surface area contributed by atoms with Crippen molar-refractivity contribution in [1.29, 1.82) is 0 Å². The quantitative estimate of drug-likeness (QED) is 0.599. The molecule has 2 N–H and O–H groups in total. The van der Waals surface area contributed by atoms with Crippen LogP contribution in [0.3, 0.4) is 0 Å². The second kappa shape index (κ2) is 10.1. The van der Waals surface area contributed by atoms with Gasteiger partial charge < -0.3 is 10.1 Å². The molecule has 0 radical (unpaired) electrons. The normalized spacial score (nSPS) is 12.1. The van der Waals surface area contributed by atoms with Crippen LogP contribution in [-0.4, -0.2) is 56.2 Å². The lowest BCUT2D eigenvalue weighted by Gasteiger charge is -2.21. The van der Waals surface area contributed by atoms with Crippen molar-refractivity contribution in [2.75, 3.05) is 31.2 Å². The maximum Gasteiger partial charge on any atom is 0.412 e. The fourth-order valence-corrected chi connectivity index (χ4v) is 3.99. The molecule has 0 atom stereocenters. The molecule has 2 aromatic rings. The molecule has 0 aliphatic carbocycles. The van der Waals surface area contributed by atoms with E-state index in [0.717, 1.165) is 10.8 Å². The Morgan fingerprint density at radius 2 is 1.71 bits per heavy atom. The van der Waals surface area contributed by atoms with E-state index in [0.29, 0.717) is 37.3 Å². The molecule has 170 valence electrons. The molecule has 0 unspecified atom stereocenters. The first-order valence-electron chi connectivity index (χ1n) is 10.2. The van der Waals surface area contributed by atoms with E-state index in [4.69, 9.17) is 4.74 Å². The van der Waals surface area contributed by atoms with Gasteiger partial charge in [-0.05, 0) is 50.1 Å². The molecule has 0 spiro atoms. The average Bonchev–Trinajstić information content (AvgIpc) is 2.64. The summed E-state index contributed by atoms with van der Waals surface area (Å²) in [7, 11) is -3.27. The predicted molar refractivity (Wildman–Crippen MR) is 123 cm³/mol. The molecule has 0 fully saturated rings. The number of hydrogen-bond donors (Lipinski definition) is 2. The third-order valence-corrected chi connectivity index (χ3v) is 5.84. The van der Waals surface area contributed by atoms with Crippen molar-refractivity contribution in [2.45, 2.75) is 39.7 Å². The van der Waals surface area contributed by atoms with Gasteiger partial charge in [-0.15, -0.1) is 0 Å². The standard InChI is InChI=1S/C22H31N3O5S/c1-6-25(31(5,28)29)13-9-12-23-20(26)18-14-16-10-7-8-11-17(16)15-19(18)24-21(27)30-22(2,3)4/h7-8,10-11,14-15H,6,9,12-13H2,1-5H3,(H,23,26)(H,24,27). The first-order chi connectivity index (χ1) is 14.4. The van der Waals surface area contributed by atoms with Crippen LogP contribution in [0.15, 0.2) is 36.4 Å². The van der Waals surface area contributed by atoms with Crippen molar-refractivity contribution in [2.24, 2.45) is 0 Å². The minimum Gasteiger partial charge on any atom is -0.444 e. The summed E-state index contributed by atoms with van der Waals surface area (Å²) in [4.78, 5) is 25.1. The van der Waals surface area contributed by atoms with E-state index in [9.17, 15) is 18.0 Å². The number of carbonyl (C=O) groups is 2. The van der Waals surface area contributed by atoms with E-state index in [1.807, 2.05) is 24.3 Å². The molecule has 31 heavy (non-hydrogen) atoms. The summed E-state index contributed by atoms with van der Waals surface area (Å²) in [6.07, 6.45) is 0.983. The molecular formula is C22H31N3O5S. The average molecular weight is 450 g/mol. The zero-order valence-electron chi connectivity index (χ0n) is 18.7. The van der Waals surface area contributed by atoms with Crippen molar-refractivity contribution in [3.63, 3.8) is 0 Å². The molecular weight excluding hydrogens is 418 g/mol. The number of anilines is 1. The number of nitrogens with one attached hydrogen (secondary N) is 2. The van der Waals surface area contributed by atoms with Gasteiger partial charge in [-0.1, -0.05) is 31.2 Å². The van der Waals surface area contributed by atoms with Gasteiger partial charge in [0.05, 0.1) is 17.5 Å². The third-order valence-electron chi connectivity index (χ3n) is 4.46. The highest BCUT2D eigenvalue weighted by Crippen LogP contribution is 2.25. The van der Waals surface area contributed by atoms with Gasteiger partial charge in [-0.3, -0.25) is 10.1 Å². The SMILES string of the molecule is CCN(CCCNC(=O)c1cc2ccccc2cc1NC(=O)OC(C)(C)C)S(C)(=O)=O. The number of sulfonamides is 1. The molecule has 0 aliphatic rings. The van der Waals surface area contributed by atoms with Gasteiger partial charge in [0.25, 0.3) is 5.91 Å². The topological polar surface area (TPSA) is 105 Å². The number of amides is 2. The summed E-state index contributed by atoms with van der Waals surface area (Å²) >= 11 is 0. The summed E-state index contributed by atoms with van der Waals surface area (Å²) in [6, 6.07) is 11.0. The second-order valence-electron chi connectivity index (χ2n) is 8.24. The maximum absolute atomic E-state index is 12.9. The fraction of sp³-hybridized carbons (Fsp3) is 0.455. The van der Waals surface area contributed by atoms with Gasteiger partial charge >= 0.3 is 6.09 Å². The van der Waals surface area contributed by atoms with E-state index in [1.54, 1.807) is 39.8 Å². The van der Waals surface area contributed by atoms with Crippen LogP contribution in [0.2, 0.25) is 0 Å². The molecule has 0 aromatic heterocycles. The Balaban J connectivity index is 2.16. The Morgan fingerprint density at radius 3 is 2.26 bits per heavy atom. The summed E-state index contributed by atoms with van der Waals surface area (Å²) < 4.78 is 30.0. The van der Waals surface area contributed by atoms with E-state index < -0.39 is 21.7 Å². The largest absolute Gasteiger partial charge is 0.444 e. The molecule has 9 heteroatoms. The Hall–Kier alpha value is -2.65. The van der Waals surface area contributed by atoms with Crippen LogP contribution in [-0.2, 0) is 14.8 Å². The minimum absolute atomic E-state index is 0.295. The van der Waals surface area contributed by atoms with Crippen LogP contribution in [0, 0.1) is 0 Å². The first kappa shape index (κ1) is 24.6. The Labute approximate surface area is 184 Å². The zero-order chi connectivity index (χ0) is 23.2. The fourth-order valence-electron chi connectivity index (χ4n) is 3.06. The highest BCUT2D eigenvalue weighted by Gasteiger charge is 2.20. The summed E-state index contributed by atoms with van der Waals surface area (Å²) in [5, 5.41) is 7.20. The van der Waals surface area contributed by atoms with Crippen molar-refractivity contribution in [3.05, 3.63) is 42.0 Å². The summed E-state index contributed by atoms with van der Waals surface area (Å²) in [6.45, 7) is 8.04. The monoisotopic (exact) mass is 449 g/mol. The summed E-state index contributed by atoms with van der Waals surface area (Å²) in [5.41, 5.74) is -0.0227. The van der Waals surface area contributed by atoms with Crippen molar-refractivity contribution < 1.29 is 22.7 Å². The highest BCUT2D eigenvalue weighted by atomic mass is 32.2. The van der Waals surface area contributed by atoms with Crippen LogP contribution in [0.1, 0.15) is 44.5 Å². The van der Waals surface area contributed by atoms with Crippen LogP contribution in [0.5, 0.6) is 0 Å². The highest BCUT2D eigenvalue weighted by molar-refractivity contribution is 7.88. The van der Waals surface area contributed by atoms with Crippen LogP contribution >= 0.6 is 0 Å². The van der Waals surface area contributed by atoms with Gasteiger partial charge in [0.15, 0.2) is 0 Å². The Kier molecular flexibility index (Phi) is 8.02. The van der Waals surface area contributed by atoms with Gasteiger partial charge in [-0.25, -0.2) is 17.5 Å². The smallest absolute Gasteiger partial charge is 0.412 e. The molecule has 0 saturated carbocycles. The van der Waals surface area contributed by atoms with E-state index in [1.165, 1.54) is 10.6 Å². The van der Waals surface area contributed by atoms with Gasteiger partial charge in [0.1, 0.15) is 5.60 Å². The van der Waals surface area contributed by atoms with Crippen molar-refractivity contribution in [1.82, 2.24) is 9.62 Å². The number of fused-ring (bicyclic) bond motifs is 1. The predicted octanol–water partition coefficient (Wildman–Crippen LogP) is 3.59. The maximum atomic E-state index is 12.9. The van der Waals surface area contributed by atoms with Gasteiger partial charge in [0, 0.05) is 19.6 Å². The number of rotatable bonds is 8. The molecule has 0 bridgehead atoms. The lowest BCUT2D eigenvalue weighted by molar-refractivity contribution is 0.0636. The first-order valence-corrected chi connectivity index (χ1v) is 12.0. The van der Waals surface area contributed by atoms with Crippen molar-refractivity contribution in [3.8, 4) is 0 Å². The third kappa shape index (κ3) is 7.52.